The minimum absolute atomic E-state index is 0.369. The van der Waals surface area contributed by atoms with E-state index in [9.17, 15) is 8.42 Å². The number of hydrogen-bond donors (Lipinski definition) is 0. The Morgan fingerprint density at radius 1 is 0.958 bits per heavy atom. The molecule has 0 aliphatic carbocycles. The minimum atomic E-state index is -3.43. The normalized spacial score (nSPS) is 16.2. The van der Waals surface area contributed by atoms with Crippen LogP contribution in [0, 0.1) is 6.92 Å². The first-order chi connectivity index (χ1) is 11.5. The lowest BCUT2D eigenvalue weighted by atomic mass is 10.2. The van der Waals surface area contributed by atoms with E-state index in [1.807, 2.05) is 37.3 Å². The van der Waals surface area contributed by atoms with Crippen molar-refractivity contribution >= 4 is 15.7 Å². The van der Waals surface area contributed by atoms with Crippen LogP contribution in [-0.4, -0.2) is 46.0 Å². The zero-order chi connectivity index (χ0) is 17.2. The Morgan fingerprint density at radius 3 is 2.33 bits per heavy atom. The second-order valence-corrected chi connectivity index (χ2v) is 7.82. The molecule has 0 unspecified atom stereocenters. The molecule has 0 radical (unpaired) electrons. The molecule has 2 aromatic rings. The molecule has 1 aliphatic heterocycles. The summed E-state index contributed by atoms with van der Waals surface area (Å²) in [7, 11) is -1.78. The number of aryl methyl sites for hydroxylation is 1. The maximum atomic E-state index is 12.8. The average molecular weight is 346 g/mol. The minimum Gasteiger partial charge on any atom is -0.495 e. The highest BCUT2D eigenvalue weighted by molar-refractivity contribution is 7.89. The van der Waals surface area contributed by atoms with Crippen molar-refractivity contribution in [2.45, 2.75) is 11.8 Å². The molecule has 0 amide bonds. The van der Waals surface area contributed by atoms with Crippen LogP contribution in [0.25, 0.3) is 0 Å². The summed E-state index contributed by atoms with van der Waals surface area (Å²) in [5, 5.41) is 0. The zero-order valence-corrected chi connectivity index (χ0v) is 14.8. The topological polar surface area (TPSA) is 49.9 Å². The number of piperazine rings is 1. The van der Waals surface area contributed by atoms with E-state index in [1.165, 1.54) is 0 Å². The third-order valence-corrected chi connectivity index (χ3v) is 6.19. The molecule has 128 valence electrons. The SMILES string of the molecule is COc1ccccc1N1CCN(S(=O)(=O)c2cccc(C)c2)CC1. The van der Waals surface area contributed by atoms with Crippen LogP contribution in [0.5, 0.6) is 5.75 Å². The number of sulfonamides is 1. The van der Waals surface area contributed by atoms with Gasteiger partial charge in [0.1, 0.15) is 5.75 Å². The van der Waals surface area contributed by atoms with Gasteiger partial charge in [0.2, 0.25) is 10.0 Å². The van der Waals surface area contributed by atoms with E-state index in [0.717, 1.165) is 17.0 Å². The molecule has 0 spiro atoms. The van der Waals surface area contributed by atoms with Gasteiger partial charge in [0.25, 0.3) is 0 Å². The molecule has 1 fully saturated rings. The van der Waals surface area contributed by atoms with Gasteiger partial charge in [-0.05, 0) is 36.8 Å². The van der Waals surface area contributed by atoms with Gasteiger partial charge in [0, 0.05) is 26.2 Å². The molecule has 2 aromatic carbocycles. The van der Waals surface area contributed by atoms with E-state index in [-0.39, 0.29) is 0 Å². The smallest absolute Gasteiger partial charge is 0.243 e. The fourth-order valence-electron chi connectivity index (χ4n) is 2.99. The van der Waals surface area contributed by atoms with E-state index in [4.69, 9.17) is 4.74 Å². The maximum absolute atomic E-state index is 12.8. The van der Waals surface area contributed by atoms with Crippen molar-refractivity contribution in [3.63, 3.8) is 0 Å². The molecule has 24 heavy (non-hydrogen) atoms. The summed E-state index contributed by atoms with van der Waals surface area (Å²) in [5.41, 5.74) is 1.95. The summed E-state index contributed by atoms with van der Waals surface area (Å²) >= 11 is 0. The van der Waals surface area contributed by atoms with Gasteiger partial charge >= 0.3 is 0 Å². The predicted octanol–water partition coefficient (Wildman–Crippen LogP) is 2.51. The predicted molar refractivity (Wildman–Crippen MR) is 95.1 cm³/mol. The summed E-state index contributed by atoms with van der Waals surface area (Å²) in [6.07, 6.45) is 0. The zero-order valence-electron chi connectivity index (χ0n) is 14.0. The van der Waals surface area contributed by atoms with Crippen LogP contribution < -0.4 is 9.64 Å². The average Bonchev–Trinajstić information content (AvgIpc) is 2.62. The molecule has 1 heterocycles. The number of nitrogens with zero attached hydrogens (tertiary/aromatic N) is 2. The first kappa shape index (κ1) is 16.8. The Balaban J connectivity index is 1.75. The molecular weight excluding hydrogens is 324 g/mol. The van der Waals surface area contributed by atoms with E-state index in [2.05, 4.69) is 4.90 Å². The Kier molecular flexibility index (Phi) is 4.78. The molecular formula is C18H22N2O3S. The van der Waals surface area contributed by atoms with Crippen LogP contribution in [0.3, 0.4) is 0 Å². The van der Waals surface area contributed by atoms with Crippen molar-refractivity contribution in [2.75, 3.05) is 38.2 Å². The van der Waals surface area contributed by atoms with Gasteiger partial charge in [0.15, 0.2) is 0 Å². The quantitative estimate of drug-likeness (QED) is 0.854. The van der Waals surface area contributed by atoms with Crippen molar-refractivity contribution in [3.8, 4) is 5.75 Å². The lowest BCUT2D eigenvalue weighted by molar-refractivity contribution is 0.378. The third-order valence-electron chi connectivity index (χ3n) is 4.29. The number of benzene rings is 2. The Labute approximate surface area is 143 Å². The first-order valence-electron chi connectivity index (χ1n) is 7.97. The number of anilines is 1. The summed E-state index contributed by atoms with van der Waals surface area (Å²) in [5.74, 6) is 0.812. The number of para-hydroxylation sites is 2. The van der Waals surface area contributed by atoms with Gasteiger partial charge in [-0.3, -0.25) is 0 Å². The number of rotatable bonds is 4. The second-order valence-electron chi connectivity index (χ2n) is 5.88. The molecule has 1 aliphatic rings. The molecule has 0 bridgehead atoms. The van der Waals surface area contributed by atoms with Crippen LogP contribution in [-0.2, 0) is 10.0 Å². The number of methoxy groups -OCH3 is 1. The van der Waals surface area contributed by atoms with E-state index >= 15 is 0 Å². The van der Waals surface area contributed by atoms with Crippen LogP contribution in [0.15, 0.2) is 53.4 Å². The van der Waals surface area contributed by atoms with Crippen LogP contribution in [0.1, 0.15) is 5.56 Å². The van der Waals surface area contributed by atoms with Crippen LogP contribution in [0.2, 0.25) is 0 Å². The largest absolute Gasteiger partial charge is 0.495 e. The van der Waals surface area contributed by atoms with Gasteiger partial charge in [-0.1, -0.05) is 24.3 Å². The van der Waals surface area contributed by atoms with E-state index in [1.54, 1.807) is 29.6 Å². The summed E-state index contributed by atoms with van der Waals surface area (Å²) in [4.78, 5) is 2.54. The van der Waals surface area contributed by atoms with E-state index in [0.29, 0.717) is 31.1 Å². The highest BCUT2D eigenvalue weighted by Crippen LogP contribution is 2.29. The highest BCUT2D eigenvalue weighted by Gasteiger charge is 2.29. The Hall–Kier alpha value is -2.05. The van der Waals surface area contributed by atoms with Gasteiger partial charge in [-0.25, -0.2) is 8.42 Å². The summed E-state index contributed by atoms with van der Waals surface area (Å²) < 4.78 is 32.5. The molecule has 0 saturated carbocycles. The summed E-state index contributed by atoms with van der Waals surface area (Å²) in [6, 6.07) is 14.9. The van der Waals surface area contributed by atoms with E-state index < -0.39 is 10.0 Å². The van der Waals surface area contributed by atoms with Gasteiger partial charge in [-0.2, -0.15) is 4.31 Å². The van der Waals surface area contributed by atoms with Crippen LogP contribution in [0.4, 0.5) is 5.69 Å². The Bertz CT molecular complexity index is 813. The molecule has 6 heteroatoms. The molecule has 5 nitrogen and oxygen atoms in total. The highest BCUT2D eigenvalue weighted by atomic mass is 32.2. The van der Waals surface area contributed by atoms with Gasteiger partial charge in [0.05, 0.1) is 17.7 Å². The molecule has 0 N–H and O–H groups in total. The third kappa shape index (κ3) is 3.25. The summed E-state index contributed by atoms with van der Waals surface area (Å²) in [6.45, 7) is 4.12. The lowest BCUT2D eigenvalue weighted by Gasteiger charge is -2.36. The fraction of sp³-hybridized carbons (Fsp3) is 0.333. The molecule has 1 saturated heterocycles. The van der Waals surface area contributed by atoms with Crippen molar-refractivity contribution in [1.29, 1.82) is 0 Å². The Morgan fingerprint density at radius 2 is 1.67 bits per heavy atom. The monoisotopic (exact) mass is 346 g/mol. The molecule has 0 aromatic heterocycles. The standard InChI is InChI=1S/C18H22N2O3S/c1-15-6-5-7-16(14-15)24(21,22)20-12-10-19(11-13-20)17-8-3-4-9-18(17)23-2/h3-9,14H,10-13H2,1-2H3. The lowest BCUT2D eigenvalue weighted by Crippen LogP contribution is -2.48. The molecule has 3 rings (SSSR count). The number of hydrogen-bond acceptors (Lipinski definition) is 4. The molecule has 0 atom stereocenters. The number of ether oxygens (including phenoxy) is 1. The van der Waals surface area contributed by atoms with Crippen molar-refractivity contribution in [3.05, 3.63) is 54.1 Å². The second kappa shape index (κ2) is 6.83. The van der Waals surface area contributed by atoms with Crippen LogP contribution >= 0.6 is 0 Å². The first-order valence-corrected chi connectivity index (χ1v) is 9.41. The van der Waals surface area contributed by atoms with Crippen molar-refractivity contribution < 1.29 is 13.2 Å². The maximum Gasteiger partial charge on any atom is 0.243 e. The van der Waals surface area contributed by atoms with Crippen molar-refractivity contribution in [2.24, 2.45) is 0 Å². The van der Waals surface area contributed by atoms with Crippen molar-refractivity contribution in [1.82, 2.24) is 4.31 Å². The fourth-order valence-corrected chi connectivity index (χ4v) is 4.51. The van der Waals surface area contributed by atoms with Gasteiger partial charge in [-0.15, -0.1) is 0 Å². The van der Waals surface area contributed by atoms with Gasteiger partial charge < -0.3 is 9.64 Å².